The maximum Gasteiger partial charge on any atom is 0.319 e. The van der Waals surface area contributed by atoms with Crippen molar-refractivity contribution >= 4 is 60.4 Å². The summed E-state index contributed by atoms with van der Waals surface area (Å²) in [6.45, 7) is 13.3. The summed E-state index contributed by atoms with van der Waals surface area (Å²) in [5.74, 6) is 1.01. The summed E-state index contributed by atoms with van der Waals surface area (Å²) >= 11 is 7.79. The van der Waals surface area contributed by atoms with Gasteiger partial charge in [0.25, 0.3) is 0 Å². The van der Waals surface area contributed by atoms with E-state index in [1.807, 2.05) is 0 Å². The molecule has 8 nitrogen and oxygen atoms in total. The van der Waals surface area contributed by atoms with Gasteiger partial charge in [-0.25, -0.2) is 22.4 Å². The van der Waals surface area contributed by atoms with Crippen molar-refractivity contribution in [3.63, 3.8) is 0 Å². The zero-order valence-electron chi connectivity index (χ0n) is 24.9. The van der Waals surface area contributed by atoms with E-state index in [4.69, 9.17) is 39.8 Å². The Balaban J connectivity index is 1.47. The lowest BCUT2D eigenvalue weighted by Crippen LogP contribution is -2.43. The topological polar surface area (TPSA) is 81.1 Å². The van der Waals surface area contributed by atoms with E-state index in [9.17, 15) is 13.2 Å². The molecule has 0 saturated carbocycles. The predicted molar refractivity (Wildman–Crippen MR) is 175 cm³/mol. The number of anilines is 2. The molecular formula is C33H27ClF4N6O2S. The van der Waals surface area contributed by atoms with E-state index in [1.165, 1.54) is 11.0 Å². The Labute approximate surface area is 276 Å². The van der Waals surface area contributed by atoms with Crippen LogP contribution in [0.15, 0.2) is 24.3 Å². The molecule has 0 aliphatic carbocycles. The first-order valence-corrected chi connectivity index (χ1v) is 16.1. The van der Waals surface area contributed by atoms with E-state index >= 15 is 4.39 Å². The summed E-state index contributed by atoms with van der Waals surface area (Å²) in [4.78, 5) is 16.4. The van der Waals surface area contributed by atoms with Crippen LogP contribution in [0.4, 0.5) is 34.1 Å². The molecule has 2 saturated heterocycles. The highest BCUT2D eigenvalue weighted by Crippen LogP contribution is 2.53. The smallest absolute Gasteiger partial charge is 0.319 e. The molecular weight excluding hydrogens is 656 g/mol. The van der Waals surface area contributed by atoms with Crippen molar-refractivity contribution in [3.05, 3.63) is 52.4 Å². The predicted octanol–water partition coefficient (Wildman–Crippen LogP) is 7.61. The highest BCUT2D eigenvalue weighted by molar-refractivity contribution is 7.23. The molecule has 7 rings (SSSR count). The number of alkyl halides is 2. The summed E-state index contributed by atoms with van der Waals surface area (Å²) in [6.07, 6.45) is 5.24. The number of ether oxygens (including phenoxy) is 2. The quantitative estimate of drug-likeness (QED) is 0.0931. The summed E-state index contributed by atoms with van der Waals surface area (Å²) in [6, 6.07) is 1.40. The van der Waals surface area contributed by atoms with Crippen LogP contribution in [0.3, 0.4) is 0 Å². The van der Waals surface area contributed by atoms with E-state index < -0.39 is 30.5 Å². The van der Waals surface area contributed by atoms with Gasteiger partial charge in [-0.3, -0.25) is 4.90 Å². The van der Waals surface area contributed by atoms with Gasteiger partial charge in [0, 0.05) is 30.5 Å². The molecule has 0 bridgehead atoms. The zero-order valence-corrected chi connectivity index (χ0v) is 26.5. The average Bonchev–Trinajstić information content (AvgIpc) is 3.65. The van der Waals surface area contributed by atoms with Gasteiger partial charge >= 0.3 is 6.01 Å². The van der Waals surface area contributed by atoms with Crippen LogP contribution in [-0.2, 0) is 0 Å². The third-order valence-corrected chi connectivity index (χ3v) is 10.5. The molecule has 2 fully saturated rings. The van der Waals surface area contributed by atoms with Crippen molar-refractivity contribution in [2.45, 2.75) is 43.7 Å². The van der Waals surface area contributed by atoms with Crippen LogP contribution in [0.5, 0.6) is 11.8 Å². The Bertz CT molecular complexity index is 2060. The molecule has 4 aromatic rings. The fourth-order valence-corrected chi connectivity index (χ4v) is 8.33. The molecule has 0 amide bonds. The Morgan fingerprint density at radius 3 is 2.87 bits per heavy atom. The molecule has 2 atom stereocenters. The van der Waals surface area contributed by atoms with Gasteiger partial charge in [0.05, 0.1) is 32.2 Å². The molecule has 5 heterocycles. The number of nitrogen functional groups attached to an aromatic ring is 1. The third kappa shape index (κ3) is 5.00. The maximum absolute atomic E-state index is 17.1. The lowest BCUT2D eigenvalue weighted by atomic mass is 9.94. The van der Waals surface area contributed by atoms with Crippen LogP contribution >= 0.6 is 22.9 Å². The van der Waals surface area contributed by atoms with Gasteiger partial charge in [0.2, 0.25) is 12.1 Å². The highest BCUT2D eigenvalue weighted by Gasteiger charge is 2.46. The minimum Gasteiger partial charge on any atom is -0.488 e. The van der Waals surface area contributed by atoms with E-state index in [0.29, 0.717) is 0 Å². The van der Waals surface area contributed by atoms with Crippen LogP contribution in [0.2, 0.25) is 5.02 Å². The van der Waals surface area contributed by atoms with Crippen molar-refractivity contribution < 1.29 is 27.0 Å². The fraction of sp³-hybridized carbons (Fsp3) is 0.364. The molecule has 3 aliphatic heterocycles. The normalized spacial score (nSPS) is 20.8. The molecule has 2 N–H and O–H groups in total. The fourth-order valence-electron chi connectivity index (χ4n) is 7.05. The van der Waals surface area contributed by atoms with Gasteiger partial charge in [-0.05, 0) is 37.4 Å². The monoisotopic (exact) mass is 682 g/mol. The van der Waals surface area contributed by atoms with Gasteiger partial charge < -0.3 is 20.1 Å². The van der Waals surface area contributed by atoms with Crippen LogP contribution in [-0.4, -0.2) is 65.7 Å². The molecule has 14 heteroatoms. The van der Waals surface area contributed by atoms with Gasteiger partial charge in [-0.1, -0.05) is 35.7 Å². The second kappa shape index (κ2) is 11.7. The molecule has 47 heavy (non-hydrogen) atoms. The Hall–Kier alpha value is -4.30. The third-order valence-electron chi connectivity index (χ3n) is 9.13. The summed E-state index contributed by atoms with van der Waals surface area (Å²) in [7, 11) is 0. The molecule has 0 radical (unpaired) electrons. The van der Waals surface area contributed by atoms with Crippen LogP contribution in [0.1, 0.15) is 25.7 Å². The minimum absolute atomic E-state index is 0.0270. The zero-order chi connectivity index (χ0) is 33.2. The number of rotatable bonds is 7. The van der Waals surface area contributed by atoms with Gasteiger partial charge in [0.15, 0.2) is 11.6 Å². The number of thiophene rings is 1. The number of nitrogens with zero attached hydrogens (tertiary/aromatic N) is 5. The summed E-state index contributed by atoms with van der Waals surface area (Å²) in [5, 5.41) is -0.0244. The SMILES string of the molecule is [C-]#[N+]c1c(N)sc2c(F)ccc(-c3c(Cl)c4c5c(nc(OC[C@@]67CCCN6CC(=C)C7)nc5c3F)N(CCC(F)F)[C@@H](C#C)CO4)c12. The second-order valence-corrected chi connectivity index (χ2v) is 13.4. The number of hydrogen-bond donors (Lipinski definition) is 1. The van der Waals surface area contributed by atoms with Gasteiger partial charge in [-0.2, -0.15) is 9.97 Å². The van der Waals surface area contributed by atoms with Gasteiger partial charge in [0.1, 0.15) is 36.4 Å². The maximum atomic E-state index is 17.1. The lowest BCUT2D eigenvalue weighted by molar-refractivity contribution is 0.108. The minimum atomic E-state index is -2.65. The highest BCUT2D eigenvalue weighted by atomic mass is 35.5. The Morgan fingerprint density at radius 1 is 1.32 bits per heavy atom. The van der Waals surface area contributed by atoms with Crippen molar-refractivity contribution in [2.75, 3.05) is 43.5 Å². The Morgan fingerprint density at radius 2 is 2.13 bits per heavy atom. The van der Waals surface area contributed by atoms with E-state index in [0.717, 1.165) is 55.3 Å². The largest absolute Gasteiger partial charge is 0.488 e. The summed E-state index contributed by atoms with van der Waals surface area (Å²) in [5.41, 5.74) is 6.42. The molecule has 2 aromatic carbocycles. The van der Waals surface area contributed by atoms with Crippen molar-refractivity contribution in [1.29, 1.82) is 0 Å². The van der Waals surface area contributed by atoms with Crippen molar-refractivity contribution in [1.82, 2.24) is 14.9 Å². The summed E-state index contributed by atoms with van der Waals surface area (Å²) < 4.78 is 71.4. The first kappa shape index (κ1) is 31.3. The number of aromatic nitrogens is 2. The van der Waals surface area contributed by atoms with E-state index in [1.54, 1.807) is 0 Å². The van der Waals surface area contributed by atoms with Crippen LogP contribution < -0.4 is 20.1 Å². The lowest BCUT2D eigenvalue weighted by Gasteiger charge is -2.31. The second-order valence-electron chi connectivity index (χ2n) is 11.9. The number of halogens is 5. The van der Waals surface area contributed by atoms with Gasteiger partial charge in [-0.15, -0.1) is 17.8 Å². The Kier molecular flexibility index (Phi) is 7.82. The molecule has 242 valence electrons. The molecule has 0 unspecified atom stereocenters. The van der Waals surface area contributed by atoms with E-state index in [-0.39, 0.29) is 90.7 Å². The first-order chi connectivity index (χ1) is 22.6. The standard InChI is InChI=1S/C33H27ClF4N6O2S/c1-4-17-14-45-28-23-26(25(38)21(24(28)34)18-6-7-19(35)29-22(18)27(40-3)30(39)47-29)41-32(42-31(23)44(17)11-8-20(36)37)46-15-33-9-5-10-43(33)13-16(2)12-33/h1,6-7,17,20H,2,5,8-15,39H2/t17-,33-/m0/s1. The molecule has 2 aromatic heterocycles. The molecule has 3 aliphatic rings. The number of fused-ring (bicyclic) bond motifs is 2. The van der Waals surface area contributed by atoms with Crippen LogP contribution in [0, 0.1) is 30.6 Å². The van der Waals surface area contributed by atoms with Crippen molar-refractivity contribution in [2.24, 2.45) is 0 Å². The van der Waals surface area contributed by atoms with E-state index in [2.05, 4.69) is 32.2 Å². The van der Waals surface area contributed by atoms with Crippen LogP contribution in [0.25, 0.3) is 37.0 Å². The number of terminal acetylenes is 1. The number of benzene rings is 2. The number of hydrogen-bond acceptors (Lipinski definition) is 8. The number of nitrogens with two attached hydrogens (primary N) is 1. The first-order valence-electron chi connectivity index (χ1n) is 14.9. The average molecular weight is 683 g/mol. The van der Waals surface area contributed by atoms with Crippen molar-refractivity contribution in [3.8, 4) is 35.2 Å². The molecule has 0 spiro atoms.